The zero-order valence-corrected chi connectivity index (χ0v) is 8.70. The zero-order valence-electron chi connectivity index (χ0n) is 7.88. The molecule has 0 aliphatic heterocycles. The van der Waals surface area contributed by atoms with E-state index in [0.717, 1.165) is 12.1 Å². The minimum atomic E-state index is -0.927. The summed E-state index contributed by atoms with van der Waals surface area (Å²) >= 11 is 4.48. The Labute approximate surface area is 95.1 Å². The summed E-state index contributed by atoms with van der Waals surface area (Å²) in [5.41, 5.74) is 7.14. The van der Waals surface area contributed by atoms with Crippen LogP contribution in [0.3, 0.4) is 0 Å². The van der Waals surface area contributed by atoms with Gasteiger partial charge >= 0.3 is 5.69 Å². The lowest BCUT2D eigenvalue weighted by atomic mass is 10.2. The molecule has 0 aliphatic carbocycles. The molecule has 0 radical (unpaired) electrons. The van der Waals surface area contributed by atoms with Gasteiger partial charge in [0.05, 0.1) is 11.1 Å². The number of hydrazone groups is 1. The Balaban J connectivity index is 2.85. The number of rotatable bonds is 3. The maximum atomic E-state index is 13.1. The maximum Gasteiger partial charge on any atom is 0.304 e. The van der Waals surface area contributed by atoms with E-state index in [0.29, 0.717) is 5.56 Å². The van der Waals surface area contributed by atoms with Crippen LogP contribution in [-0.4, -0.2) is 16.3 Å². The Morgan fingerprint density at radius 1 is 1.69 bits per heavy atom. The van der Waals surface area contributed by atoms with E-state index in [9.17, 15) is 14.5 Å². The van der Waals surface area contributed by atoms with Gasteiger partial charge in [-0.3, -0.25) is 15.5 Å². The van der Waals surface area contributed by atoms with E-state index in [1.807, 2.05) is 0 Å². The Bertz CT molecular complexity index is 463. The van der Waals surface area contributed by atoms with E-state index in [4.69, 9.17) is 5.73 Å². The Kier molecular flexibility index (Phi) is 3.84. The summed E-state index contributed by atoms with van der Waals surface area (Å²) < 4.78 is 13.1. The van der Waals surface area contributed by atoms with Crippen LogP contribution < -0.4 is 11.2 Å². The number of nitro groups is 1. The average molecular weight is 242 g/mol. The van der Waals surface area contributed by atoms with E-state index in [-0.39, 0.29) is 5.11 Å². The summed E-state index contributed by atoms with van der Waals surface area (Å²) in [6, 6.07) is 3.40. The van der Waals surface area contributed by atoms with Gasteiger partial charge in [-0.2, -0.15) is 9.49 Å². The molecule has 0 atom stereocenters. The van der Waals surface area contributed by atoms with Gasteiger partial charge in [0, 0.05) is 6.07 Å². The number of nitro benzene ring substituents is 1. The van der Waals surface area contributed by atoms with Crippen molar-refractivity contribution in [2.45, 2.75) is 0 Å². The van der Waals surface area contributed by atoms with E-state index in [1.54, 1.807) is 0 Å². The highest BCUT2D eigenvalue weighted by Gasteiger charge is 2.12. The number of nitrogens with one attached hydrogen (secondary N) is 1. The molecule has 0 aromatic heterocycles. The molecule has 0 spiro atoms. The van der Waals surface area contributed by atoms with Gasteiger partial charge in [0.2, 0.25) is 5.82 Å². The topological polar surface area (TPSA) is 93.5 Å². The molecule has 0 heterocycles. The van der Waals surface area contributed by atoms with Crippen LogP contribution in [0.2, 0.25) is 0 Å². The molecule has 0 bridgehead atoms. The molecule has 0 saturated heterocycles. The molecule has 3 N–H and O–H groups in total. The van der Waals surface area contributed by atoms with Gasteiger partial charge in [0.15, 0.2) is 5.11 Å². The summed E-state index contributed by atoms with van der Waals surface area (Å²) in [6.07, 6.45) is 1.24. The zero-order chi connectivity index (χ0) is 12.1. The highest BCUT2D eigenvalue weighted by molar-refractivity contribution is 7.80. The first-order valence-corrected chi connectivity index (χ1v) is 4.44. The largest absolute Gasteiger partial charge is 0.375 e. The van der Waals surface area contributed by atoms with Gasteiger partial charge in [-0.25, -0.2) is 0 Å². The number of thiocarbonyl (C=S) groups is 1. The molecule has 1 aromatic rings. The van der Waals surface area contributed by atoms with E-state index >= 15 is 0 Å². The third-order valence-electron chi connectivity index (χ3n) is 1.56. The van der Waals surface area contributed by atoms with E-state index in [1.165, 1.54) is 12.3 Å². The SMILES string of the molecule is NC(=S)NN=Cc1ccc([N+](=O)[O-])c(F)c1. The molecule has 6 nitrogen and oxygen atoms in total. The number of hydrogen-bond acceptors (Lipinski definition) is 4. The fourth-order valence-corrected chi connectivity index (χ4v) is 0.975. The molecule has 8 heteroatoms. The summed E-state index contributed by atoms with van der Waals surface area (Å²) in [5.74, 6) is -0.927. The van der Waals surface area contributed by atoms with Crippen molar-refractivity contribution in [3.05, 3.63) is 39.7 Å². The van der Waals surface area contributed by atoms with Crippen molar-refractivity contribution in [3.8, 4) is 0 Å². The van der Waals surface area contributed by atoms with Crippen LogP contribution in [0.4, 0.5) is 10.1 Å². The summed E-state index contributed by atoms with van der Waals surface area (Å²) in [5, 5.41) is 13.9. The van der Waals surface area contributed by atoms with Crippen LogP contribution in [0.15, 0.2) is 23.3 Å². The van der Waals surface area contributed by atoms with Crippen molar-refractivity contribution in [3.63, 3.8) is 0 Å². The molecular formula is C8H7FN4O2S. The smallest absolute Gasteiger partial charge is 0.304 e. The fraction of sp³-hybridized carbons (Fsp3) is 0. The minimum Gasteiger partial charge on any atom is -0.375 e. The minimum absolute atomic E-state index is 0.0290. The molecular weight excluding hydrogens is 235 g/mol. The summed E-state index contributed by atoms with van der Waals surface area (Å²) in [6.45, 7) is 0. The van der Waals surface area contributed by atoms with Crippen molar-refractivity contribution in [1.29, 1.82) is 0 Å². The van der Waals surface area contributed by atoms with Crippen molar-refractivity contribution in [1.82, 2.24) is 5.43 Å². The lowest BCUT2D eigenvalue weighted by molar-refractivity contribution is -0.387. The molecule has 0 aliphatic rings. The van der Waals surface area contributed by atoms with Crippen molar-refractivity contribution < 1.29 is 9.31 Å². The van der Waals surface area contributed by atoms with Gasteiger partial charge in [0.1, 0.15) is 0 Å². The van der Waals surface area contributed by atoms with Crippen LogP contribution in [0, 0.1) is 15.9 Å². The second-order valence-corrected chi connectivity index (χ2v) is 3.14. The van der Waals surface area contributed by atoms with Gasteiger partial charge in [-0.1, -0.05) is 0 Å². The molecule has 16 heavy (non-hydrogen) atoms. The molecule has 1 aromatic carbocycles. The first kappa shape index (κ1) is 12.0. The van der Waals surface area contributed by atoms with E-state index in [2.05, 4.69) is 22.7 Å². The third-order valence-corrected chi connectivity index (χ3v) is 1.65. The summed E-state index contributed by atoms with van der Waals surface area (Å²) in [4.78, 5) is 9.52. The quantitative estimate of drug-likeness (QED) is 0.355. The summed E-state index contributed by atoms with van der Waals surface area (Å²) in [7, 11) is 0. The van der Waals surface area contributed by atoms with Crippen molar-refractivity contribution in [2.24, 2.45) is 10.8 Å². The number of nitrogens with two attached hydrogens (primary N) is 1. The molecule has 0 unspecified atom stereocenters. The van der Waals surface area contributed by atoms with Crippen LogP contribution in [0.1, 0.15) is 5.56 Å². The van der Waals surface area contributed by atoms with Gasteiger partial charge in [-0.15, -0.1) is 0 Å². The van der Waals surface area contributed by atoms with Gasteiger partial charge < -0.3 is 5.73 Å². The van der Waals surface area contributed by atoms with Crippen LogP contribution in [0.5, 0.6) is 0 Å². The molecule has 0 fully saturated rings. The van der Waals surface area contributed by atoms with Gasteiger partial charge in [-0.05, 0) is 29.9 Å². The number of nitrogens with zero attached hydrogens (tertiary/aromatic N) is 2. The molecule has 1 rings (SSSR count). The Hall–Kier alpha value is -2.09. The molecule has 0 amide bonds. The third kappa shape index (κ3) is 3.24. The first-order chi connectivity index (χ1) is 7.50. The standard InChI is InChI=1S/C8H7FN4O2S/c9-6-3-5(4-11-12-8(10)16)1-2-7(6)13(14)15/h1-4H,(H3,10,12,16). The fourth-order valence-electron chi connectivity index (χ4n) is 0.922. The monoisotopic (exact) mass is 242 g/mol. The molecule has 0 saturated carbocycles. The van der Waals surface area contributed by atoms with E-state index < -0.39 is 16.4 Å². The van der Waals surface area contributed by atoms with Crippen molar-refractivity contribution in [2.75, 3.05) is 0 Å². The number of halogens is 1. The second-order valence-electron chi connectivity index (χ2n) is 2.70. The highest BCUT2D eigenvalue weighted by atomic mass is 32.1. The first-order valence-electron chi connectivity index (χ1n) is 4.03. The van der Waals surface area contributed by atoms with Crippen LogP contribution >= 0.6 is 12.2 Å². The Morgan fingerprint density at radius 2 is 2.38 bits per heavy atom. The second kappa shape index (κ2) is 5.12. The Morgan fingerprint density at radius 3 is 2.88 bits per heavy atom. The predicted octanol–water partition coefficient (Wildman–Crippen LogP) is 0.901. The van der Waals surface area contributed by atoms with Crippen LogP contribution in [0.25, 0.3) is 0 Å². The number of hydrogen-bond donors (Lipinski definition) is 2. The molecule has 84 valence electrons. The highest BCUT2D eigenvalue weighted by Crippen LogP contribution is 2.16. The average Bonchev–Trinajstić information content (AvgIpc) is 2.16. The van der Waals surface area contributed by atoms with Crippen LogP contribution in [-0.2, 0) is 0 Å². The van der Waals surface area contributed by atoms with Crippen molar-refractivity contribution >= 4 is 29.2 Å². The lowest BCUT2D eigenvalue weighted by Crippen LogP contribution is -2.23. The van der Waals surface area contributed by atoms with Gasteiger partial charge in [0.25, 0.3) is 0 Å². The lowest BCUT2D eigenvalue weighted by Gasteiger charge is -1.96. The maximum absolute atomic E-state index is 13.1. The normalized spacial score (nSPS) is 10.3. The predicted molar refractivity (Wildman–Crippen MR) is 60.6 cm³/mol. The number of benzene rings is 1.